The Morgan fingerprint density at radius 3 is 2.94 bits per heavy atom. The maximum Gasteiger partial charge on any atom is 0.137 e. The summed E-state index contributed by atoms with van der Waals surface area (Å²) in [6.45, 7) is 4.69. The normalized spacial score (nSPS) is 12.2. The van der Waals surface area contributed by atoms with E-state index in [9.17, 15) is 0 Å². The highest BCUT2D eigenvalue weighted by molar-refractivity contribution is 7.99. The van der Waals surface area contributed by atoms with E-state index >= 15 is 0 Å². The average Bonchev–Trinajstić information content (AvgIpc) is 2.77. The Hall–Kier alpha value is -1.00. The third-order valence-corrected chi connectivity index (χ3v) is 4.25. The maximum absolute atomic E-state index is 9.01. The SMILES string of the molecule is CC(C)(CCO)CCSc1cccc2nccn12. The fourth-order valence-corrected chi connectivity index (χ4v) is 3.23. The molecular weight excluding hydrogens is 244 g/mol. The second kappa shape index (κ2) is 5.76. The second-order valence-electron chi connectivity index (χ2n) is 5.26. The first kappa shape index (κ1) is 13.4. The number of aromatic nitrogens is 2. The van der Waals surface area contributed by atoms with Gasteiger partial charge in [-0.2, -0.15) is 0 Å². The van der Waals surface area contributed by atoms with E-state index in [1.165, 1.54) is 5.03 Å². The van der Waals surface area contributed by atoms with Crippen LogP contribution in [0.2, 0.25) is 0 Å². The van der Waals surface area contributed by atoms with Crippen LogP contribution >= 0.6 is 11.8 Å². The summed E-state index contributed by atoms with van der Waals surface area (Å²) in [6, 6.07) is 6.18. The summed E-state index contributed by atoms with van der Waals surface area (Å²) >= 11 is 1.85. The summed E-state index contributed by atoms with van der Waals surface area (Å²) in [5, 5.41) is 10.2. The molecule has 0 unspecified atom stereocenters. The lowest BCUT2D eigenvalue weighted by molar-refractivity contribution is 0.208. The Labute approximate surface area is 112 Å². The summed E-state index contributed by atoms with van der Waals surface area (Å²) < 4.78 is 2.11. The molecule has 18 heavy (non-hydrogen) atoms. The smallest absolute Gasteiger partial charge is 0.137 e. The van der Waals surface area contributed by atoms with Gasteiger partial charge in [-0.25, -0.2) is 4.98 Å². The number of hydrogen-bond donors (Lipinski definition) is 1. The Morgan fingerprint density at radius 2 is 2.17 bits per heavy atom. The van der Waals surface area contributed by atoms with Crippen LogP contribution < -0.4 is 0 Å². The average molecular weight is 264 g/mol. The van der Waals surface area contributed by atoms with E-state index in [0.29, 0.717) is 0 Å². The Morgan fingerprint density at radius 1 is 1.33 bits per heavy atom. The van der Waals surface area contributed by atoms with Crippen LogP contribution in [0.3, 0.4) is 0 Å². The minimum Gasteiger partial charge on any atom is -0.396 e. The van der Waals surface area contributed by atoms with Gasteiger partial charge in [0.25, 0.3) is 0 Å². The monoisotopic (exact) mass is 264 g/mol. The van der Waals surface area contributed by atoms with Crippen molar-refractivity contribution in [2.24, 2.45) is 5.41 Å². The van der Waals surface area contributed by atoms with E-state index in [2.05, 4.69) is 29.3 Å². The quantitative estimate of drug-likeness (QED) is 0.814. The van der Waals surface area contributed by atoms with Crippen LogP contribution in [0, 0.1) is 5.41 Å². The molecule has 0 atom stereocenters. The van der Waals surface area contributed by atoms with Crippen molar-refractivity contribution in [3.8, 4) is 0 Å². The molecule has 0 radical (unpaired) electrons. The standard InChI is InChI=1S/C14H20N2OS/c1-14(2,6-10-17)7-11-18-13-5-3-4-12-15-8-9-16(12)13/h3-5,8-9,17H,6-7,10-11H2,1-2H3. The number of rotatable bonds is 6. The van der Waals surface area contributed by atoms with Crippen molar-refractivity contribution in [3.63, 3.8) is 0 Å². The highest BCUT2D eigenvalue weighted by Gasteiger charge is 2.16. The summed E-state index contributed by atoms with van der Waals surface area (Å²) in [4.78, 5) is 4.28. The molecule has 0 saturated heterocycles. The van der Waals surface area contributed by atoms with Crippen molar-refractivity contribution >= 4 is 17.4 Å². The molecule has 3 nitrogen and oxygen atoms in total. The number of imidazole rings is 1. The Kier molecular flexibility index (Phi) is 4.30. The number of pyridine rings is 1. The first-order valence-electron chi connectivity index (χ1n) is 6.28. The molecule has 0 aliphatic rings. The van der Waals surface area contributed by atoms with Crippen molar-refractivity contribution in [1.82, 2.24) is 9.38 Å². The molecule has 2 aromatic rings. The fraction of sp³-hybridized carbons (Fsp3) is 0.500. The van der Waals surface area contributed by atoms with Crippen molar-refractivity contribution in [1.29, 1.82) is 0 Å². The molecule has 0 amide bonds. The van der Waals surface area contributed by atoms with Gasteiger partial charge in [0.05, 0.1) is 5.03 Å². The van der Waals surface area contributed by atoms with Crippen molar-refractivity contribution < 1.29 is 5.11 Å². The zero-order valence-electron chi connectivity index (χ0n) is 11.0. The minimum absolute atomic E-state index is 0.213. The van der Waals surface area contributed by atoms with E-state index in [0.717, 1.165) is 24.2 Å². The molecule has 0 aliphatic carbocycles. The van der Waals surface area contributed by atoms with Crippen LogP contribution in [0.25, 0.3) is 5.65 Å². The summed E-state index contributed by atoms with van der Waals surface area (Å²) in [5.41, 5.74) is 1.21. The largest absolute Gasteiger partial charge is 0.396 e. The zero-order chi connectivity index (χ0) is 13.0. The molecule has 0 spiro atoms. The van der Waals surface area contributed by atoms with Gasteiger partial charge in [0.1, 0.15) is 5.65 Å². The molecule has 98 valence electrons. The zero-order valence-corrected chi connectivity index (χ0v) is 11.8. The van der Waals surface area contributed by atoms with Crippen LogP contribution in [0.5, 0.6) is 0 Å². The molecule has 2 heterocycles. The maximum atomic E-state index is 9.01. The number of hydrogen-bond acceptors (Lipinski definition) is 3. The lowest BCUT2D eigenvalue weighted by atomic mass is 9.87. The lowest BCUT2D eigenvalue weighted by Gasteiger charge is -2.23. The van der Waals surface area contributed by atoms with Gasteiger partial charge in [-0.15, -0.1) is 11.8 Å². The van der Waals surface area contributed by atoms with E-state index in [1.807, 2.05) is 36.3 Å². The van der Waals surface area contributed by atoms with Gasteiger partial charge < -0.3 is 5.11 Å². The molecule has 0 fully saturated rings. The van der Waals surface area contributed by atoms with E-state index in [4.69, 9.17) is 5.11 Å². The molecule has 4 heteroatoms. The van der Waals surface area contributed by atoms with Crippen molar-refractivity contribution in [3.05, 3.63) is 30.6 Å². The van der Waals surface area contributed by atoms with E-state index < -0.39 is 0 Å². The van der Waals surface area contributed by atoms with Crippen LogP contribution in [-0.4, -0.2) is 26.9 Å². The van der Waals surface area contributed by atoms with E-state index in [-0.39, 0.29) is 12.0 Å². The molecule has 0 aliphatic heterocycles. The van der Waals surface area contributed by atoms with Gasteiger partial charge in [-0.1, -0.05) is 19.9 Å². The third kappa shape index (κ3) is 3.27. The molecule has 0 saturated carbocycles. The second-order valence-corrected chi connectivity index (χ2v) is 6.37. The predicted molar refractivity (Wildman–Crippen MR) is 76.0 cm³/mol. The predicted octanol–water partition coefficient (Wildman–Crippen LogP) is 3.23. The Bertz CT molecular complexity index is 507. The van der Waals surface area contributed by atoms with Crippen molar-refractivity contribution in [2.45, 2.75) is 31.7 Å². The van der Waals surface area contributed by atoms with Gasteiger partial charge in [0.15, 0.2) is 0 Å². The Balaban J connectivity index is 1.96. The fourth-order valence-electron chi connectivity index (χ4n) is 1.90. The highest BCUT2D eigenvalue weighted by atomic mass is 32.2. The van der Waals surface area contributed by atoms with Gasteiger partial charge in [-0.05, 0) is 36.1 Å². The summed E-state index contributed by atoms with van der Waals surface area (Å²) in [5.74, 6) is 1.06. The van der Waals surface area contributed by atoms with Gasteiger partial charge >= 0.3 is 0 Å². The number of fused-ring (bicyclic) bond motifs is 1. The van der Waals surface area contributed by atoms with Gasteiger partial charge in [0.2, 0.25) is 0 Å². The molecule has 0 aromatic carbocycles. The third-order valence-electron chi connectivity index (χ3n) is 3.21. The lowest BCUT2D eigenvalue weighted by Crippen LogP contribution is -2.14. The van der Waals surface area contributed by atoms with Gasteiger partial charge in [-0.3, -0.25) is 4.40 Å². The number of nitrogens with zero attached hydrogens (tertiary/aromatic N) is 2. The summed E-state index contributed by atoms with van der Waals surface area (Å²) in [7, 11) is 0. The summed E-state index contributed by atoms with van der Waals surface area (Å²) in [6.07, 6.45) is 5.79. The van der Waals surface area contributed by atoms with Crippen LogP contribution in [0.1, 0.15) is 26.7 Å². The van der Waals surface area contributed by atoms with Crippen molar-refractivity contribution in [2.75, 3.05) is 12.4 Å². The molecule has 0 bridgehead atoms. The molecular formula is C14H20N2OS. The van der Waals surface area contributed by atoms with Crippen LogP contribution in [0.15, 0.2) is 35.6 Å². The topological polar surface area (TPSA) is 37.5 Å². The number of aliphatic hydroxyl groups excluding tert-OH is 1. The molecule has 1 N–H and O–H groups in total. The first-order chi connectivity index (χ1) is 8.62. The van der Waals surface area contributed by atoms with E-state index in [1.54, 1.807) is 0 Å². The van der Waals surface area contributed by atoms with Crippen LogP contribution in [-0.2, 0) is 0 Å². The van der Waals surface area contributed by atoms with Crippen LogP contribution in [0.4, 0.5) is 0 Å². The molecule has 2 rings (SSSR count). The molecule has 2 aromatic heterocycles. The minimum atomic E-state index is 0.213. The first-order valence-corrected chi connectivity index (χ1v) is 7.27. The number of thioether (sulfide) groups is 1. The van der Waals surface area contributed by atoms with Gasteiger partial charge in [0, 0.05) is 19.0 Å². The number of aliphatic hydroxyl groups is 1. The highest BCUT2D eigenvalue weighted by Crippen LogP contribution is 2.29.